The third-order valence-electron chi connectivity index (χ3n) is 6.51. The standard InChI is InChI=1S/C28H28N6O2/c1-17(2)33-26-23(16-29-33)22(15-24(30-26)21-14-10-9-11-18(21)3)27(35)31-25-19(4)32(5)34(28(25)36)20-12-7-6-8-13-20/h6-17H,1-5H3,(H,31,35). The number of nitrogens with one attached hydrogen (secondary N) is 1. The van der Waals surface area contributed by atoms with Crippen LogP contribution in [-0.2, 0) is 7.05 Å². The number of carbonyl (C=O) groups is 1. The minimum atomic E-state index is -0.383. The van der Waals surface area contributed by atoms with E-state index in [2.05, 4.69) is 10.4 Å². The molecular weight excluding hydrogens is 452 g/mol. The average Bonchev–Trinajstić information content (AvgIpc) is 3.39. The number of hydrogen-bond donors (Lipinski definition) is 1. The highest BCUT2D eigenvalue weighted by Crippen LogP contribution is 2.29. The molecule has 0 saturated heterocycles. The molecule has 1 N–H and O–H groups in total. The van der Waals surface area contributed by atoms with E-state index in [-0.39, 0.29) is 23.2 Å². The van der Waals surface area contributed by atoms with E-state index < -0.39 is 0 Å². The number of fused-ring (bicyclic) bond motifs is 1. The van der Waals surface area contributed by atoms with Crippen molar-refractivity contribution < 1.29 is 4.79 Å². The molecule has 0 aliphatic rings. The van der Waals surface area contributed by atoms with Crippen molar-refractivity contribution in [1.29, 1.82) is 0 Å². The van der Waals surface area contributed by atoms with Crippen LogP contribution < -0.4 is 10.9 Å². The molecule has 2 aromatic carbocycles. The van der Waals surface area contributed by atoms with E-state index in [4.69, 9.17) is 4.98 Å². The minimum Gasteiger partial charge on any atom is -0.316 e. The number of benzene rings is 2. The van der Waals surface area contributed by atoms with Crippen LogP contribution in [0.5, 0.6) is 0 Å². The summed E-state index contributed by atoms with van der Waals surface area (Å²) in [6.45, 7) is 7.87. The third kappa shape index (κ3) is 3.80. The lowest BCUT2D eigenvalue weighted by atomic mass is 10.0. The van der Waals surface area contributed by atoms with Crippen molar-refractivity contribution in [2.75, 3.05) is 5.32 Å². The number of hydrogen-bond acceptors (Lipinski definition) is 4. The maximum atomic E-state index is 13.7. The second-order valence-electron chi connectivity index (χ2n) is 9.18. The van der Waals surface area contributed by atoms with Crippen molar-refractivity contribution >= 4 is 22.6 Å². The maximum Gasteiger partial charge on any atom is 0.295 e. The predicted molar refractivity (Wildman–Crippen MR) is 142 cm³/mol. The van der Waals surface area contributed by atoms with Gasteiger partial charge in [0, 0.05) is 18.7 Å². The molecule has 5 rings (SSSR count). The molecule has 0 atom stereocenters. The molecular formula is C28H28N6O2. The summed E-state index contributed by atoms with van der Waals surface area (Å²) in [6, 6.07) is 19.1. The number of para-hydroxylation sites is 1. The van der Waals surface area contributed by atoms with E-state index in [1.165, 1.54) is 0 Å². The Labute approximate surface area is 208 Å². The van der Waals surface area contributed by atoms with E-state index in [9.17, 15) is 9.59 Å². The van der Waals surface area contributed by atoms with Crippen LogP contribution in [0.3, 0.4) is 0 Å². The number of carbonyl (C=O) groups excluding carboxylic acids is 1. The van der Waals surface area contributed by atoms with Crippen LogP contribution in [0.4, 0.5) is 5.69 Å². The SMILES string of the molecule is Cc1ccccc1-c1cc(C(=O)Nc2c(C)n(C)n(-c3ccccc3)c2=O)c2cnn(C(C)C)c2n1. The zero-order chi connectivity index (χ0) is 25.6. The first kappa shape index (κ1) is 23.3. The zero-order valence-corrected chi connectivity index (χ0v) is 21.0. The molecule has 0 saturated carbocycles. The van der Waals surface area contributed by atoms with Gasteiger partial charge >= 0.3 is 0 Å². The first-order chi connectivity index (χ1) is 17.3. The van der Waals surface area contributed by atoms with Crippen molar-refractivity contribution in [1.82, 2.24) is 24.1 Å². The van der Waals surface area contributed by atoms with Gasteiger partial charge in [-0.2, -0.15) is 5.10 Å². The fourth-order valence-corrected chi connectivity index (χ4v) is 4.48. The van der Waals surface area contributed by atoms with Gasteiger partial charge < -0.3 is 5.32 Å². The Morgan fingerprint density at radius 2 is 1.69 bits per heavy atom. The van der Waals surface area contributed by atoms with Gasteiger partial charge in [-0.25, -0.2) is 14.3 Å². The molecule has 8 nitrogen and oxygen atoms in total. The highest BCUT2D eigenvalue weighted by Gasteiger charge is 2.23. The van der Waals surface area contributed by atoms with Crippen LogP contribution in [0.15, 0.2) is 71.7 Å². The Kier molecular flexibility index (Phi) is 5.80. The molecule has 3 heterocycles. The van der Waals surface area contributed by atoms with Crippen molar-refractivity contribution in [3.63, 3.8) is 0 Å². The zero-order valence-electron chi connectivity index (χ0n) is 21.0. The summed E-state index contributed by atoms with van der Waals surface area (Å²) in [5.41, 5.74) is 5.03. The van der Waals surface area contributed by atoms with Gasteiger partial charge in [0.05, 0.1) is 34.2 Å². The Hall–Kier alpha value is -4.46. The monoisotopic (exact) mass is 480 g/mol. The number of amides is 1. The quantitative estimate of drug-likeness (QED) is 0.382. The van der Waals surface area contributed by atoms with E-state index in [1.54, 1.807) is 28.7 Å². The Morgan fingerprint density at radius 3 is 2.39 bits per heavy atom. The lowest BCUT2D eigenvalue weighted by Gasteiger charge is -2.12. The summed E-state index contributed by atoms with van der Waals surface area (Å²) in [5.74, 6) is -0.383. The molecule has 0 aliphatic carbocycles. The summed E-state index contributed by atoms with van der Waals surface area (Å²) >= 11 is 0. The van der Waals surface area contributed by atoms with Crippen molar-refractivity contribution in [2.45, 2.75) is 33.7 Å². The van der Waals surface area contributed by atoms with Gasteiger partial charge in [-0.15, -0.1) is 0 Å². The lowest BCUT2D eigenvalue weighted by molar-refractivity contribution is 0.102. The Balaban J connectivity index is 1.64. The van der Waals surface area contributed by atoms with Gasteiger partial charge in [-0.1, -0.05) is 42.5 Å². The van der Waals surface area contributed by atoms with E-state index in [0.717, 1.165) is 16.8 Å². The molecule has 5 aromatic rings. The van der Waals surface area contributed by atoms with Crippen LogP contribution in [-0.4, -0.2) is 30.0 Å². The number of rotatable bonds is 5. The molecule has 3 aromatic heterocycles. The fourth-order valence-electron chi connectivity index (χ4n) is 4.48. The topological polar surface area (TPSA) is 86.7 Å². The van der Waals surface area contributed by atoms with Crippen LogP contribution in [0.2, 0.25) is 0 Å². The molecule has 0 radical (unpaired) electrons. The van der Waals surface area contributed by atoms with Gasteiger partial charge in [-0.05, 0) is 51.5 Å². The summed E-state index contributed by atoms with van der Waals surface area (Å²) in [7, 11) is 1.80. The first-order valence-corrected chi connectivity index (χ1v) is 11.9. The minimum absolute atomic E-state index is 0.0625. The maximum absolute atomic E-state index is 13.7. The first-order valence-electron chi connectivity index (χ1n) is 11.9. The Bertz CT molecular complexity index is 1660. The average molecular weight is 481 g/mol. The lowest BCUT2D eigenvalue weighted by Crippen LogP contribution is -2.23. The molecule has 0 unspecified atom stereocenters. The van der Waals surface area contributed by atoms with Crippen molar-refractivity contribution in [2.24, 2.45) is 7.05 Å². The predicted octanol–water partition coefficient (Wildman–Crippen LogP) is 5.04. The smallest absolute Gasteiger partial charge is 0.295 e. The molecule has 182 valence electrons. The van der Waals surface area contributed by atoms with Crippen molar-refractivity contribution in [3.8, 4) is 16.9 Å². The molecule has 0 fully saturated rings. The van der Waals surface area contributed by atoms with Gasteiger partial charge in [0.15, 0.2) is 5.65 Å². The second kappa shape index (κ2) is 8.96. The molecule has 0 aliphatic heterocycles. The van der Waals surface area contributed by atoms with Crippen LogP contribution in [0.1, 0.15) is 41.5 Å². The molecule has 36 heavy (non-hydrogen) atoms. The third-order valence-corrected chi connectivity index (χ3v) is 6.51. The number of nitrogens with zero attached hydrogens (tertiary/aromatic N) is 5. The number of pyridine rings is 1. The molecule has 0 bridgehead atoms. The van der Waals surface area contributed by atoms with Crippen LogP contribution >= 0.6 is 0 Å². The summed E-state index contributed by atoms with van der Waals surface area (Å²) in [4.78, 5) is 32.0. The summed E-state index contributed by atoms with van der Waals surface area (Å²) in [6.07, 6.45) is 1.67. The van der Waals surface area contributed by atoms with E-state index in [0.29, 0.717) is 28.0 Å². The van der Waals surface area contributed by atoms with Gasteiger partial charge in [0.25, 0.3) is 11.5 Å². The number of aryl methyl sites for hydroxylation is 1. The highest BCUT2D eigenvalue weighted by atomic mass is 16.2. The summed E-state index contributed by atoms with van der Waals surface area (Å²) < 4.78 is 5.09. The van der Waals surface area contributed by atoms with Crippen LogP contribution in [0, 0.1) is 13.8 Å². The van der Waals surface area contributed by atoms with Gasteiger partial charge in [0.2, 0.25) is 0 Å². The summed E-state index contributed by atoms with van der Waals surface area (Å²) in [5, 5.41) is 8.03. The van der Waals surface area contributed by atoms with E-state index in [1.807, 2.05) is 87.0 Å². The molecule has 1 amide bonds. The van der Waals surface area contributed by atoms with Crippen molar-refractivity contribution in [3.05, 3.63) is 94.0 Å². The van der Waals surface area contributed by atoms with E-state index >= 15 is 0 Å². The highest BCUT2D eigenvalue weighted by molar-refractivity contribution is 6.12. The van der Waals surface area contributed by atoms with Crippen LogP contribution in [0.25, 0.3) is 28.0 Å². The fraction of sp³-hybridized carbons (Fsp3) is 0.214. The molecule has 8 heteroatoms. The largest absolute Gasteiger partial charge is 0.316 e. The second-order valence-corrected chi connectivity index (χ2v) is 9.18. The van der Waals surface area contributed by atoms with Gasteiger partial charge in [0.1, 0.15) is 5.69 Å². The number of aromatic nitrogens is 5. The Morgan fingerprint density at radius 1 is 1.00 bits per heavy atom. The normalized spacial score (nSPS) is 11.4. The van der Waals surface area contributed by atoms with Gasteiger partial charge in [-0.3, -0.25) is 14.3 Å². The number of anilines is 1. The molecule has 0 spiro atoms.